The Kier molecular flexibility index (Phi) is 1.71. The van der Waals surface area contributed by atoms with E-state index in [1.807, 2.05) is 30.5 Å². The molecule has 78 valence electrons. The van der Waals surface area contributed by atoms with E-state index in [0.29, 0.717) is 11.5 Å². The Morgan fingerprint density at radius 2 is 2.06 bits per heavy atom. The summed E-state index contributed by atoms with van der Waals surface area (Å²) in [5, 5.41) is 3.92. The molecule has 3 rings (SSSR count). The van der Waals surface area contributed by atoms with Crippen LogP contribution < -0.4 is 5.32 Å². The van der Waals surface area contributed by atoms with Crippen molar-refractivity contribution in [3.63, 3.8) is 0 Å². The Bertz CT molecular complexity index is 637. The van der Waals surface area contributed by atoms with E-state index in [9.17, 15) is 4.79 Å². The van der Waals surface area contributed by atoms with Gasteiger partial charge in [-0.3, -0.25) is 4.79 Å². The molecule has 0 saturated carbocycles. The van der Waals surface area contributed by atoms with Gasteiger partial charge in [0.1, 0.15) is 11.5 Å². The predicted octanol–water partition coefficient (Wildman–Crippen LogP) is 1.56. The number of amidine groups is 1. The fourth-order valence-electron chi connectivity index (χ4n) is 1.79. The minimum absolute atomic E-state index is 0.305. The summed E-state index contributed by atoms with van der Waals surface area (Å²) >= 11 is 0. The summed E-state index contributed by atoms with van der Waals surface area (Å²) in [5.41, 5.74) is 2.23. The molecule has 4 heteroatoms. The first-order valence-corrected chi connectivity index (χ1v) is 4.91. The normalized spacial score (nSPS) is 15.4. The van der Waals surface area contributed by atoms with Crippen LogP contribution in [-0.4, -0.2) is 16.7 Å². The van der Waals surface area contributed by atoms with Crippen LogP contribution >= 0.6 is 0 Å². The average molecular weight is 211 g/mol. The summed E-state index contributed by atoms with van der Waals surface area (Å²) < 4.78 is 0. The van der Waals surface area contributed by atoms with Crippen molar-refractivity contribution in [2.45, 2.75) is 0 Å². The molecule has 2 N–H and O–H groups in total. The van der Waals surface area contributed by atoms with Gasteiger partial charge < -0.3 is 10.3 Å². The van der Waals surface area contributed by atoms with Crippen LogP contribution in [0.3, 0.4) is 0 Å². The summed E-state index contributed by atoms with van der Waals surface area (Å²) in [4.78, 5) is 18.3. The van der Waals surface area contributed by atoms with Crippen LogP contribution in [0.5, 0.6) is 0 Å². The van der Waals surface area contributed by atoms with Crippen molar-refractivity contribution in [1.29, 1.82) is 0 Å². The zero-order chi connectivity index (χ0) is 11.1. The predicted molar refractivity (Wildman–Crippen MR) is 62.1 cm³/mol. The van der Waals surface area contributed by atoms with E-state index >= 15 is 0 Å². The second-order valence-electron chi connectivity index (χ2n) is 3.62. The maximum absolute atomic E-state index is 11.3. The quantitative estimate of drug-likeness (QED) is 0.703. The van der Waals surface area contributed by atoms with Crippen LogP contribution in [-0.2, 0) is 4.79 Å². The van der Waals surface area contributed by atoms with E-state index in [2.05, 4.69) is 21.9 Å². The number of amides is 1. The molecule has 0 unspecified atom stereocenters. The third-order valence-corrected chi connectivity index (χ3v) is 2.59. The summed E-state index contributed by atoms with van der Waals surface area (Å²) in [6.07, 6.45) is 1.84. The number of H-pyrrole nitrogens is 1. The number of aromatic amines is 1. The van der Waals surface area contributed by atoms with E-state index in [-0.39, 0.29) is 5.91 Å². The summed E-state index contributed by atoms with van der Waals surface area (Å²) in [5.74, 6) is 0.257. The molecule has 0 bridgehead atoms. The highest BCUT2D eigenvalue weighted by atomic mass is 16.2. The summed E-state index contributed by atoms with van der Waals surface area (Å²) in [6.45, 7) is 3.59. The molecule has 0 radical (unpaired) electrons. The third-order valence-electron chi connectivity index (χ3n) is 2.59. The van der Waals surface area contributed by atoms with Gasteiger partial charge in [-0.05, 0) is 6.07 Å². The molecule has 1 amide bonds. The summed E-state index contributed by atoms with van der Waals surface area (Å²) in [7, 11) is 0. The summed E-state index contributed by atoms with van der Waals surface area (Å²) in [6, 6.07) is 7.87. The Morgan fingerprint density at radius 3 is 2.81 bits per heavy atom. The average Bonchev–Trinajstić information content (AvgIpc) is 2.83. The lowest BCUT2D eigenvalue weighted by molar-refractivity contribution is -0.114. The first-order chi connectivity index (χ1) is 7.75. The van der Waals surface area contributed by atoms with Gasteiger partial charge in [-0.1, -0.05) is 24.8 Å². The van der Waals surface area contributed by atoms with Crippen LogP contribution in [0.4, 0.5) is 0 Å². The number of hydrogen-bond acceptors (Lipinski definition) is 2. The van der Waals surface area contributed by atoms with Crippen molar-refractivity contribution >= 4 is 22.6 Å². The highest BCUT2D eigenvalue weighted by Gasteiger charge is 2.20. The fourth-order valence-corrected chi connectivity index (χ4v) is 1.79. The van der Waals surface area contributed by atoms with Gasteiger partial charge in [0.25, 0.3) is 5.91 Å². The van der Waals surface area contributed by atoms with Crippen molar-refractivity contribution in [1.82, 2.24) is 10.3 Å². The molecule has 0 atom stereocenters. The van der Waals surface area contributed by atoms with Crippen molar-refractivity contribution in [3.8, 4) is 0 Å². The number of carbonyl (C=O) groups excluding carboxylic acids is 1. The number of fused-ring (bicyclic) bond motifs is 1. The molecule has 1 aromatic carbocycles. The minimum atomic E-state index is -0.305. The van der Waals surface area contributed by atoms with Crippen LogP contribution in [0.2, 0.25) is 0 Å². The van der Waals surface area contributed by atoms with Crippen molar-refractivity contribution < 1.29 is 4.79 Å². The van der Waals surface area contributed by atoms with Gasteiger partial charge in [-0.25, -0.2) is 0 Å². The van der Waals surface area contributed by atoms with Gasteiger partial charge in [0.15, 0.2) is 0 Å². The highest BCUT2D eigenvalue weighted by Crippen LogP contribution is 2.19. The molecule has 2 heterocycles. The van der Waals surface area contributed by atoms with Crippen LogP contribution in [0.25, 0.3) is 10.9 Å². The maximum atomic E-state index is 11.3. The van der Waals surface area contributed by atoms with Crippen molar-refractivity contribution in [2.24, 2.45) is 4.99 Å². The Labute approximate surface area is 91.7 Å². The number of aromatic nitrogens is 1. The SMILES string of the molecule is C=C1NC(c2c[nH]c3ccccc23)=NC1=O. The van der Waals surface area contributed by atoms with Crippen LogP contribution in [0.1, 0.15) is 5.56 Å². The van der Waals surface area contributed by atoms with Gasteiger partial charge in [0.05, 0.1) is 0 Å². The van der Waals surface area contributed by atoms with E-state index < -0.39 is 0 Å². The number of carbonyl (C=O) groups is 1. The third kappa shape index (κ3) is 1.16. The number of nitrogens with zero attached hydrogens (tertiary/aromatic N) is 1. The Balaban J connectivity index is 2.17. The Hall–Kier alpha value is -2.36. The van der Waals surface area contributed by atoms with Crippen molar-refractivity contribution in [3.05, 3.63) is 48.3 Å². The standard InChI is InChI=1S/C12H9N3O/c1-7-12(16)15-11(14-7)9-6-13-10-5-3-2-4-8(9)10/h2-6,13H,1H2,(H,14,15,16). The maximum Gasteiger partial charge on any atom is 0.294 e. The lowest BCUT2D eigenvalue weighted by Crippen LogP contribution is -2.17. The van der Waals surface area contributed by atoms with E-state index in [0.717, 1.165) is 16.5 Å². The van der Waals surface area contributed by atoms with Gasteiger partial charge >= 0.3 is 0 Å². The number of benzene rings is 1. The molecule has 0 aliphatic carbocycles. The molecule has 0 saturated heterocycles. The van der Waals surface area contributed by atoms with Gasteiger partial charge in [-0.15, -0.1) is 0 Å². The lowest BCUT2D eigenvalue weighted by atomic mass is 10.1. The molecular weight excluding hydrogens is 202 g/mol. The van der Waals surface area contributed by atoms with Gasteiger partial charge in [-0.2, -0.15) is 4.99 Å². The largest absolute Gasteiger partial charge is 0.360 e. The molecule has 0 fully saturated rings. The zero-order valence-electron chi connectivity index (χ0n) is 8.45. The van der Waals surface area contributed by atoms with E-state index in [1.54, 1.807) is 0 Å². The van der Waals surface area contributed by atoms with E-state index in [4.69, 9.17) is 0 Å². The molecule has 16 heavy (non-hydrogen) atoms. The molecule has 0 spiro atoms. The second-order valence-corrected chi connectivity index (χ2v) is 3.62. The van der Waals surface area contributed by atoms with Crippen LogP contribution in [0, 0.1) is 0 Å². The molecule has 4 nitrogen and oxygen atoms in total. The second kappa shape index (κ2) is 3.06. The molecule has 2 aromatic rings. The number of nitrogens with one attached hydrogen (secondary N) is 2. The molecule has 1 aliphatic rings. The minimum Gasteiger partial charge on any atom is -0.360 e. The van der Waals surface area contributed by atoms with Crippen LogP contribution in [0.15, 0.2) is 47.7 Å². The molecule has 1 aromatic heterocycles. The monoisotopic (exact) mass is 211 g/mol. The van der Waals surface area contributed by atoms with Gasteiger partial charge in [0.2, 0.25) is 0 Å². The molecule has 1 aliphatic heterocycles. The Morgan fingerprint density at radius 1 is 1.25 bits per heavy atom. The zero-order valence-corrected chi connectivity index (χ0v) is 8.45. The first kappa shape index (κ1) is 8.91. The number of rotatable bonds is 1. The smallest absolute Gasteiger partial charge is 0.294 e. The molecular formula is C12H9N3O. The van der Waals surface area contributed by atoms with Gasteiger partial charge in [0, 0.05) is 22.7 Å². The number of para-hydroxylation sites is 1. The first-order valence-electron chi connectivity index (χ1n) is 4.91. The number of aliphatic imine (C=N–C) groups is 1. The lowest BCUT2D eigenvalue weighted by Gasteiger charge is -1.99. The fraction of sp³-hybridized carbons (Fsp3) is 0. The highest BCUT2D eigenvalue weighted by molar-refractivity contribution is 6.20. The number of hydrogen-bond donors (Lipinski definition) is 2. The van der Waals surface area contributed by atoms with E-state index in [1.165, 1.54) is 0 Å². The van der Waals surface area contributed by atoms with Crippen molar-refractivity contribution in [2.75, 3.05) is 0 Å². The topological polar surface area (TPSA) is 57.2 Å².